The van der Waals surface area contributed by atoms with E-state index in [0.717, 1.165) is 19.1 Å². The van der Waals surface area contributed by atoms with Crippen molar-refractivity contribution < 1.29 is 0 Å². The number of hydrogen-bond donors (Lipinski definition) is 1. The molecule has 18 heavy (non-hydrogen) atoms. The van der Waals surface area contributed by atoms with Gasteiger partial charge >= 0.3 is 0 Å². The fraction of sp³-hybridized carbons (Fsp3) is 1.00. The van der Waals surface area contributed by atoms with Crippen molar-refractivity contribution in [3.8, 4) is 0 Å². The van der Waals surface area contributed by atoms with E-state index in [2.05, 4.69) is 51.9 Å². The van der Waals surface area contributed by atoms with Crippen molar-refractivity contribution in [1.29, 1.82) is 0 Å². The SMILES string of the molecule is CCNCC(C)(C)CN(C)C1CCC(C)(C)CC1. The van der Waals surface area contributed by atoms with Crippen molar-refractivity contribution >= 4 is 0 Å². The minimum atomic E-state index is 0.373. The molecule has 0 aromatic carbocycles. The van der Waals surface area contributed by atoms with E-state index in [4.69, 9.17) is 0 Å². The highest BCUT2D eigenvalue weighted by atomic mass is 15.1. The topological polar surface area (TPSA) is 15.3 Å². The molecule has 1 aliphatic rings. The normalized spacial score (nSPS) is 21.5. The highest BCUT2D eigenvalue weighted by Gasteiger charge is 2.30. The van der Waals surface area contributed by atoms with E-state index in [1.165, 1.54) is 32.2 Å². The maximum atomic E-state index is 3.48. The zero-order valence-corrected chi connectivity index (χ0v) is 13.5. The molecule has 0 spiro atoms. The molecule has 0 heterocycles. The quantitative estimate of drug-likeness (QED) is 0.780. The third-order valence-corrected chi connectivity index (χ3v) is 4.46. The third-order valence-electron chi connectivity index (χ3n) is 4.46. The molecule has 1 aliphatic carbocycles. The summed E-state index contributed by atoms with van der Waals surface area (Å²) in [5, 5.41) is 3.48. The Morgan fingerprint density at radius 2 is 1.78 bits per heavy atom. The molecule has 108 valence electrons. The van der Waals surface area contributed by atoms with Gasteiger partial charge in [-0.15, -0.1) is 0 Å². The molecule has 0 atom stereocenters. The highest BCUT2D eigenvalue weighted by molar-refractivity contribution is 4.85. The van der Waals surface area contributed by atoms with Crippen LogP contribution in [0.5, 0.6) is 0 Å². The standard InChI is InChI=1S/C16H34N2/c1-7-17-12-16(4,5)13-18(6)14-8-10-15(2,3)11-9-14/h14,17H,7-13H2,1-6H3. The van der Waals surface area contributed by atoms with Gasteiger partial charge in [0, 0.05) is 19.1 Å². The number of nitrogens with zero attached hydrogens (tertiary/aromatic N) is 1. The summed E-state index contributed by atoms with van der Waals surface area (Å²) in [6, 6.07) is 0.805. The average Bonchev–Trinajstić information content (AvgIpc) is 2.25. The predicted molar refractivity (Wildman–Crippen MR) is 81.0 cm³/mol. The van der Waals surface area contributed by atoms with Crippen molar-refractivity contribution in [2.75, 3.05) is 26.7 Å². The molecule has 0 aromatic rings. The Morgan fingerprint density at radius 3 is 2.28 bits per heavy atom. The summed E-state index contributed by atoms with van der Waals surface area (Å²) in [6.45, 7) is 15.2. The first-order valence-corrected chi connectivity index (χ1v) is 7.67. The van der Waals surface area contributed by atoms with Crippen molar-refractivity contribution in [1.82, 2.24) is 10.2 Å². The van der Waals surface area contributed by atoms with E-state index in [1.807, 2.05) is 0 Å². The third kappa shape index (κ3) is 5.27. The first-order chi connectivity index (χ1) is 8.26. The second-order valence-electron chi connectivity index (χ2n) is 7.76. The molecule has 0 saturated heterocycles. The van der Waals surface area contributed by atoms with Crippen LogP contribution in [0.4, 0.5) is 0 Å². The van der Waals surface area contributed by atoms with Crippen LogP contribution in [-0.4, -0.2) is 37.6 Å². The van der Waals surface area contributed by atoms with Crippen molar-refractivity contribution in [3.63, 3.8) is 0 Å². The van der Waals surface area contributed by atoms with E-state index >= 15 is 0 Å². The van der Waals surface area contributed by atoms with Crippen LogP contribution in [0.1, 0.15) is 60.3 Å². The van der Waals surface area contributed by atoms with Gasteiger partial charge in [0.25, 0.3) is 0 Å². The van der Waals surface area contributed by atoms with Crippen LogP contribution in [0.2, 0.25) is 0 Å². The van der Waals surface area contributed by atoms with E-state index in [9.17, 15) is 0 Å². The van der Waals surface area contributed by atoms with Crippen molar-refractivity contribution in [2.45, 2.75) is 66.3 Å². The second-order valence-corrected chi connectivity index (χ2v) is 7.76. The zero-order valence-electron chi connectivity index (χ0n) is 13.5. The molecule has 0 bridgehead atoms. The number of hydrogen-bond acceptors (Lipinski definition) is 2. The first-order valence-electron chi connectivity index (χ1n) is 7.67. The Morgan fingerprint density at radius 1 is 1.22 bits per heavy atom. The molecule has 0 unspecified atom stereocenters. The van der Waals surface area contributed by atoms with Gasteiger partial charge in [-0.25, -0.2) is 0 Å². The molecule has 2 nitrogen and oxygen atoms in total. The summed E-state index contributed by atoms with van der Waals surface area (Å²) in [5.41, 5.74) is 0.953. The molecule has 0 amide bonds. The number of rotatable bonds is 6. The molecule has 0 radical (unpaired) electrons. The summed E-state index contributed by atoms with van der Waals surface area (Å²) < 4.78 is 0. The lowest BCUT2D eigenvalue weighted by atomic mass is 9.75. The smallest absolute Gasteiger partial charge is 0.00928 e. The fourth-order valence-electron chi connectivity index (χ4n) is 3.15. The van der Waals surface area contributed by atoms with E-state index < -0.39 is 0 Å². The van der Waals surface area contributed by atoms with E-state index in [1.54, 1.807) is 0 Å². The van der Waals surface area contributed by atoms with Crippen molar-refractivity contribution in [3.05, 3.63) is 0 Å². The average molecular weight is 254 g/mol. The first kappa shape index (κ1) is 16.0. The zero-order chi connectivity index (χ0) is 13.8. The molecular formula is C16H34N2. The van der Waals surface area contributed by atoms with Gasteiger partial charge in [-0.1, -0.05) is 34.6 Å². The van der Waals surface area contributed by atoms with Crippen LogP contribution >= 0.6 is 0 Å². The van der Waals surface area contributed by atoms with Gasteiger partial charge in [0.15, 0.2) is 0 Å². The van der Waals surface area contributed by atoms with Crippen LogP contribution in [0.3, 0.4) is 0 Å². The molecule has 0 aromatic heterocycles. The van der Waals surface area contributed by atoms with Gasteiger partial charge in [0.2, 0.25) is 0 Å². The lowest BCUT2D eigenvalue weighted by Crippen LogP contribution is -2.44. The molecule has 1 N–H and O–H groups in total. The number of nitrogens with one attached hydrogen (secondary N) is 1. The summed E-state index contributed by atoms with van der Waals surface area (Å²) in [6.07, 6.45) is 5.52. The summed E-state index contributed by atoms with van der Waals surface area (Å²) >= 11 is 0. The van der Waals surface area contributed by atoms with Gasteiger partial charge in [0.1, 0.15) is 0 Å². The molecule has 1 saturated carbocycles. The summed E-state index contributed by atoms with van der Waals surface area (Å²) in [4.78, 5) is 2.60. The maximum Gasteiger partial charge on any atom is 0.00928 e. The maximum absolute atomic E-state index is 3.48. The Bertz CT molecular complexity index is 235. The fourth-order valence-corrected chi connectivity index (χ4v) is 3.15. The molecule has 1 rings (SSSR count). The molecule has 1 fully saturated rings. The van der Waals surface area contributed by atoms with Gasteiger partial charge in [-0.2, -0.15) is 0 Å². The molecule has 2 heteroatoms. The largest absolute Gasteiger partial charge is 0.316 e. The predicted octanol–water partition coefficient (Wildman–Crippen LogP) is 3.52. The Kier molecular flexibility index (Phi) is 5.67. The minimum absolute atomic E-state index is 0.373. The monoisotopic (exact) mass is 254 g/mol. The summed E-state index contributed by atoms with van der Waals surface area (Å²) in [5.74, 6) is 0. The van der Waals surface area contributed by atoms with Gasteiger partial charge in [-0.3, -0.25) is 0 Å². The lowest BCUT2D eigenvalue weighted by molar-refractivity contribution is 0.0951. The Hall–Kier alpha value is -0.0800. The van der Waals surface area contributed by atoms with Gasteiger partial charge < -0.3 is 10.2 Å². The minimum Gasteiger partial charge on any atom is -0.316 e. The van der Waals surface area contributed by atoms with Gasteiger partial charge in [0.05, 0.1) is 0 Å². The van der Waals surface area contributed by atoms with Crippen LogP contribution in [-0.2, 0) is 0 Å². The Balaban J connectivity index is 2.39. The van der Waals surface area contributed by atoms with Crippen LogP contribution in [0.15, 0.2) is 0 Å². The van der Waals surface area contributed by atoms with E-state index in [-0.39, 0.29) is 0 Å². The molecule has 0 aliphatic heterocycles. The van der Waals surface area contributed by atoms with E-state index in [0.29, 0.717) is 10.8 Å². The van der Waals surface area contributed by atoms with Crippen LogP contribution in [0, 0.1) is 10.8 Å². The Labute approximate surface area is 115 Å². The van der Waals surface area contributed by atoms with Crippen LogP contribution in [0.25, 0.3) is 0 Å². The lowest BCUT2D eigenvalue weighted by Gasteiger charge is -2.41. The van der Waals surface area contributed by atoms with Gasteiger partial charge in [-0.05, 0) is 50.1 Å². The van der Waals surface area contributed by atoms with Crippen LogP contribution < -0.4 is 5.32 Å². The second kappa shape index (κ2) is 6.38. The summed E-state index contributed by atoms with van der Waals surface area (Å²) in [7, 11) is 2.32. The molecular weight excluding hydrogens is 220 g/mol. The van der Waals surface area contributed by atoms with Crippen molar-refractivity contribution in [2.24, 2.45) is 10.8 Å². The highest BCUT2D eigenvalue weighted by Crippen LogP contribution is 2.37.